The number of nitrogens with one attached hydrogen (secondary N) is 2. The fourth-order valence-electron chi connectivity index (χ4n) is 2.77. The molecule has 2 aromatic rings. The van der Waals surface area contributed by atoms with E-state index in [1.807, 2.05) is 38.1 Å². The maximum atomic E-state index is 12.7. The minimum Gasteiger partial charge on any atom is -0.491 e. The lowest BCUT2D eigenvalue weighted by atomic mass is 10.1. The van der Waals surface area contributed by atoms with E-state index >= 15 is 0 Å². The Balaban J connectivity index is 1.65. The highest BCUT2D eigenvalue weighted by atomic mass is 16.5. The van der Waals surface area contributed by atoms with E-state index in [0.29, 0.717) is 36.8 Å². The van der Waals surface area contributed by atoms with Gasteiger partial charge in [-0.15, -0.1) is 0 Å². The largest absolute Gasteiger partial charge is 0.491 e. The molecule has 3 rings (SSSR count). The van der Waals surface area contributed by atoms with Gasteiger partial charge in [0.25, 0.3) is 5.91 Å². The van der Waals surface area contributed by atoms with Crippen molar-refractivity contribution >= 4 is 23.2 Å². The van der Waals surface area contributed by atoms with Crippen molar-refractivity contribution in [1.82, 2.24) is 0 Å². The molecule has 0 heterocycles. The maximum absolute atomic E-state index is 12.7. The van der Waals surface area contributed by atoms with Crippen LogP contribution < -0.4 is 15.4 Å². The molecule has 6 heteroatoms. The number of anilines is 2. The van der Waals surface area contributed by atoms with Gasteiger partial charge in [0.15, 0.2) is 0 Å². The van der Waals surface area contributed by atoms with Crippen molar-refractivity contribution in [2.45, 2.75) is 26.7 Å². The second kappa shape index (κ2) is 9.37. The summed E-state index contributed by atoms with van der Waals surface area (Å²) in [6, 6.07) is 12.5. The van der Waals surface area contributed by atoms with Gasteiger partial charge in [0.05, 0.1) is 6.61 Å². The molecule has 0 atom stereocenters. The van der Waals surface area contributed by atoms with E-state index in [-0.39, 0.29) is 17.7 Å². The van der Waals surface area contributed by atoms with Crippen molar-refractivity contribution in [3.8, 4) is 5.75 Å². The summed E-state index contributed by atoms with van der Waals surface area (Å²) in [5.74, 6) is 0.560. The summed E-state index contributed by atoms with van der Waals surface area (Å²) >= 11 is 0. The lowest BCUT2D eigenvalue weighted by Gasteiger charge is -2.14. The zero-order valence-corrected chi connectivity index (χ0v) is 16.3. The van der Waals surface area contributed by atoms with Crippen LogP contribution in [0.4, 0.5) is 11.4 Å². The molecule has 0 spiro atoms. The summed E-state index contributed by atoms with van der Waals surface area (Å²) in [4.78, 5) is 24.7. The van der Waals surface area contributed by atoms with Gasteiger partial charge < -0.3 is 20.1 Å². The molecule has 1 fully saturated rings. The van der Waals surface area contributed by atoms with Crippen LogP contribution in [-0.2, 0) is 9.53 Å². The summed E-state index contributed by atoms with van der Waals surface area (Å²) < 4.78 is 10.9. The minimum atomic E-state index is -0.232. The maximum Gasteiger partial charge on any atom is 0.255 e. The third-order valence-corrected chi connectivity index (χ3v) is 4.58. The molecule has 28 heavy (non-hydrogen) atoms. The van der Waals surface area contributed by atoms with Gasteiger partial charge in [-0.05, 0) is 62.6 Å². The predicted molar refractivity (Wildman–Crippen MR) is 109 cm³/mol. The van der Waals surface area contributed by atoms with E-state index in [2.05, 4.69) is 10.6 Å². The zero-order chi connectivity index (χ0) is 19.9. The molecule has 1 aliphatic rings. The first kappa shape index (κ1) is 19.9. The highest BCUT2D eigenvalue weighted by molar-refractivity contribution is 6.05. The molecule has 0 bridgehead atoms. The summed E-state index contributed by atoms with van der Waals surface area (Å²) in [6.07, 6.45) is 1.90. The van der Waals surface area contributed by atoms with Crippen LogP contribution in [0.2, 0.25) is 0 Å². The van der Waals surface area contributed by atoms with Gasteiger partial charge in [0, 0.05) is 29.5 Å². The van der Waals surface area contributed by atoms with Gasteiger partial charge in [0.1, 0.15) is 12.4 Å². The minimum absolute atomic E-state index is 0.0449. The Bertz CT molecular complexity index is 846. The van der Waals surface area contributed by atoms with Crippen LogP contribution in [0.25, 0.3) is 0 Å². The molecule has 2 aromatic carbocycles. The van der Waals surface area contributed by atoms with Crippen molar-refractivity contribution in [3.63, 3.8) is 0 Å². The molecule has 0 radical (unpaired) electrons. The second-order valence-corrected chi connectivity index (χ2v) is 6.77. The fraction of sp³-hybridized carbons (Fsp3) is 0.364. The van der Waals surface area contributed by atoms with E-state index < -0.39 is 0 Å². The fourth-order valence-corrected chi connectivity index (χ4v) is 2.77. The van der Waals surface area contributed by atoms with Gasteiger partial charge in [-0.2, -0.15) is 0 Å². The number of benzene rings is 2. The molecule has 6 nitrogen and oxygen atoms in total. The number of carbonyl (C=O) groups excluding carboxylic acids is 2. The molecule has 0 saturated heterocycles. The number of amides is 2. The van der Waals surface area contributed by atoms with Crippen LogP contribution in [0.1, 0.15) is 35.7 Å². The topological polar surface area (TPSA) is 76.7 Å². The molecule has 0 unspecified atom stereocenters. The Morgan fingerprint density at radius 1 is 1.04 bits per heavy atom. The molecule has 148 valence electrons. The predicted octanol–water partition coefficient (Wildman–Crippen LogP) is 4.01. The van der Waals surface area contributed by atoms with Gasteiger partial charge in [0.2, 0.25) is 5.91 Å². The molecule has 1 aliphatic carbocycles. The lowest BCUT2D eigenvalue weighted by molar-refractivity contribution is -0.117. The average Bonchev–Trinajstić information content (AvgIpc) is 3.54. The SMILES string of the molecule is CCOCCOc1cccc(C(=O)Nc2cccc(NC(=O)C3CC3)c2C)c1. The molecule has 1 saturated carbocycles. The van der Waals surface area contributed by atoms with Crippen LogP contribution in [-0.4, -0.2) is 31.6 Å². The lowest BCUT2D eigenvalue weighted by Crippen LogP contribution is -2.16. The van der Waals surface area contributed by atoms with Crippen LogP contribution in [0.15, 0.2) is 42.5 Å². The van der Waals surface area contributed by atoms with E-state index in [1.54, 1.807) is 18.2 Å². The number of ether oxygens (including phenoxy) is 2. The Kier molecular flexibility index (Phi) is 6.66. The first-order valence-corrected chi connectivity index (χ1v) is 9.61. The highest BCUT2D eigenvalue weighted by Crippen LogP contribution is 2.31. The van der Waals surface area contributed by atoms with E-state index in [1.165, 1.54) is 0 Å². The van der Waals surface area contributed by atoms with E-state index in [4.69, 9.17) is 9.47 Å². The molecule has 0 aromatic heterocycles. The van der Waals surface area contributed by atoms with Crippen molar-refractivity contribution < 1.29 is 19.1 Å². The van der Waals surface area contributed by atoms with E-state index in [9.17, 15) is 9.59 Å². The van der Waals surface area contributed by atoms with Gasteiger partial charge >= 0.3 is 0 Å². The Morgan fingerprint density at radius 3 is 2.46 bits per heavy atom. The molecule has 0 aliphatic heterocycles. The third-order valence-electron chi connectivity index (χ3n) is 4.58. The summed E-state index contributed by atoms with van der Waals surface area (Å²) in [5, 5.41) is 5.86. The first-order valence-electron chi connectivity index (χ1n) is 9.61. The summed E-state index contributed by atoms with van der Waals surface area (Å²) in [7, 11) is 0. The quantitative estimate of drug-likeness (QED) is 0.643. The monoisotopic (exact) mass is 382 g/mol. The molecule has 2 amide bonds. The van der Waals surface area contributed by atoms with Gasteiger partial charge in [-0.25, -0.2) is 0 Å². The van der Waals surface area contributed by atoms with Gasteiger partial charge in [-0.1, -0.05) is 12.1 Å². The van der Waals surface area contributed by atoms with Crippen molar-refractivity contribution in [2.24, 2.45) is 5.92 Å². The summed E-state index contributed by atoms with van der Waals surface area (Å²) in [6.45, 7) is 5.39. The van der Waals surface area contributed by atoms with Crippen molar-refractivity contribution in [2.75, 3.05) is 30.5 Å². The number of rotatable bonds is 9. The second-order valence-electron chi connectivity index (χ2n) is 6.77. The number of hydrogen-bond donors (Lipinski definition) is 2. The van der Waals surface area contributed by atoms with Crippen molar-refractivity contribution in [3.05, 3.63) is 53.6 Å². The molecular weight excluding hydrogens is 356 g/mol. The molecular formula is C22H26N2O4. The number of hydrogen-bond acceptors (Lipinski definition) is 4. The Hall–Kier alpha value is -2.86. The Labute approximate surface area is 165 Å². The van der Waals surface area contributed by atoms with E-state index in [0.717, 1.165) is 24.1 Å². The normalized spacial score (nSPS) is 13.1. The average molecular weight is 382 g/mol. The van der Waals surface area contributed by atoms with Crippen LogP contribution in [0.3, 0.4) is 0 Å². The molecule has 2 N–H and O–H groups in total. The smallest absolute Gasteiger partial charge is 0.255 e. The third kappa shape index (κ3) is 5.33. The summed E-state index contributed by atoms with van der Waals surface area (Å²) in [5.41, 5.74) is 2.72. The van der Waals surface area contributed by atoms with Crippen LogP contribution in [0, 0.1) is 12.8 Å². The number of carbonyl (C=O) groups is 2. The van der Waals surface area contributed by atoms with Gasteiger partial charge in [-0.3, -0.25) is 9.59 Å². The van der Waals surface area contributed by atoms with Crippen LogP contribution in [0.5, 0.6) is 5.75 Å². The van der Waals surface area contributed by atoms with Crippen molar-refractivity contribution in [1.29, 1.82) is 0 Å². The first-order chi connectivity index (χ1) is 13.6. The zero-order valence-electron chi connectivity index (χ0n) is 16.3. The highest BCUT2D eigenvalue weighted by Gasteiger charge is 2.29. The Morgan fingerprint density at radius 2 is 1.75 bits per heavy atom. The standard InChI is InChI=1S/C22H26N2O4/c1-3-27-12-13-28-18-7-4-6-17(14-18)22(26)24-20-9-5-8-19(15(20)2)23-21(25)16-10-11-16/h4-9,14,16H,3,10-13H2,1-2H3,(H,23,25)(H,24,26). The van der Waals surface area contributed by atoms with Crippen LogP contribution >= 0.6 is 0 Å².